The largest absolute Gasteiger partial charge is 1.00 e. The lowest BCUT2D eigenvalue weighted by atomic mass is 9.97. The molecule has 56 heavy (non-hydrogen) atoms. The summed E-state index contributed by atoms with van der Waals surface area (Å²) in [5, 5.41) is 11.2. The topological polar surface area (TPSA) is 227 Å². The summed E-state index contributed by atoms with van der Waals surface area (Å²) in [5.41, 5.74) is 23.0. The second kappa shape index (κ2) is 19.3. The summed E-state index contributed by atoms with van der Waals surface area (Å²) in [6.07, 6.45) is 4.11. The summed E-state index contributed by atoms with van der Waals surface area (Å²) >= 11 is 0. The van der Waals surface area contributed by atoms with Crippen LogP contribution in [0.4, 0.5) is 11.6 Å². The molecule has 0 aliphatic heterocycles. The highest BCUT2D eigenvalue weighted by Gasteiger charge is 2.29. The van der Waals surface area contributed by atoms with E-state index in [0.29, 0.717) is 36.7 Å². The van der Waals surface area contributed by atoms with Gasteiger partial charge in [0.05, 0.1) is 22.9 Å². The number of anilines is 2. The first-order valence-electron chi connectivity index (χ1n) is 17.5. The van der Waals surface area contributed by atoms with Crippen LogP contribution in [0.3, 0.4) is 0 Å². The number of aryl methyl sites for hydroxylation is 2. The predicted octanol–water partition coefficient (Wildman–Crippen LogP) is 2.59. The van der Waals surface area contributed by atoms with Crippen LogP contribution in [0.25, 0.3) is 44.6 Å². The minimum absolute atomic E-state index is 0. The van der Waals surface area contributed by atoms with Gasteiger partial charge in [-0.1, -0.05) is 67.1 Å². The fourth-order valence-electron chi connectivity index (χ4n) is 5.52. The number of aromatic nitrogens is 8. The van der Waals surface area contributed by atoms with Gasteiger partial charge in [-0.25, -0.2) is 29.3 Å². The number of carbonyl (C=O) groups excluding carboxylic acids is 3. The number of nitrogens with two attached hydrogens (primary N) is 2. The molecule has 0 aliphatic rings. The highest BCUT2D eigenvalue weighted by molar-refractivity contribution is 5.99. The van der Waals surface area contributed by atoms with Crippen LogP contribution >= 0.6 is 0 Å². The normalized spacial score (nSPS) is 11.0. The van der Waals surface area contributed by atoms with Gasteiger partial charge in [0, 0.05) is 31.4 Å². The van der Waals surface area contributed by atoms with Crippen LogP contribution < -0.4 is 34.2 Å². The molecule has 0 fully saturated rings. The van der Waals surface area contributed by atoms with Crippen LogP contribution in [0.15, 0.2) is 61.2 Å². The van der Waals surface area contributed by atoms with E-state index in [1.165, 1.54) is 37.6 Å². The van der Waals surface area contributed by atoms with E-state index in [0.717, 1.165) is 38.9 Å². The van der Waals surface area contributed by atoms with E-state index in [1.54, 1.807) is 6.92 Å². The second-order valence-electron chi connectivity index (χ2n) is 14.3. The number of nitrogen functional groups attached to an aromatic ring is 2. The highest BCUT2D eigenvalue weighted by Crippen LogP contribution is 2.35. The number of benzene rings is 2. The minimum Gasteiger partial charge on any atom is -1.00 e. The highest BCUT2D eigenvalue weighted by atomic mass is 79.9. The molecule has 0 spiro atoms. The van der Waals surface area contributed by atoms with Crippen molar-refractivity contribution in [1.29, 1.82) is 0 Å². The third kappa shape index (κ3) is 11.0. The zero-order valence-corrected chi connectivity index (χ0v) is 34.4. The van der Waals surface area contributed by atoms with Gasteiger partial charge in [0.15, 0.2) is 11.3 Å². The maximum Gasteiger partial charge on any atom is 0.310 e. The smallest absolute Gasteiger partial charge is 0.310 e. The van der Waals surface area contributed by atoms with Crippen molar-refractivity contribution in [3.05, 3.63) is 72.3 Å². The molecular formula is C40H54BrN11O4. The molecule has 0 saturated heterocycles. The van der Waals surface area contributed by atoms with Crippen molar-refractivity contribution in [2.24, 2.45) is 0 Å². The van der Waals surface area contributed by atoms with Crippen molar-refractivity contribution in [2.45, 2.75) is 93.7 Å². The summed E-state index contributed by atoms with van der Waals surface area (Å²) in [7, 11) is 0. The lowest BCUT2D eigenvalue weighted by Gasteiger charge is -2.25. The van der Waals surface area contributed by atoms with Crippen LogP contribution in [0, 0.1) is 13.8 Å². The molecule has 4 aromatic heterocycles. The Hall–Kier alpha value is -5.61. The number of hydrogen-bond acceptors (Lipinski definition) is 12. The number of hydrogen-bond donors (Lipinski definition) is 3. The van der Waals surface area contributed by atoms with Crippen molar-refractivity contribution in [1.82, 2.24) is 39.5 Å². The first kappa shape index (κ1) is 46.5. The van der Waals surface area contributed by atoms with Crippen molar-refractivity contribution in [3.8, 4) is 22.5 Å². The standard InChI is InChI=1S/C19H23N5O.C16H20N6.C4H6O3.CH4.BrH/c1-12-5-7-14(8-6-12)16-15-17(20)21-11-22-18(15)24(23-16)19(3,4)10-9-13(2)25;1-10-4-6-11(7-5-10)13-12-14(18)19-9-20-15(12)22(21-13)16(2,3)8-17;1-3(5)7-4(2)6;;/h5-8,11H,9-10H2,1-4H3,(H2,20,21,22);4-7,9H,8,17H2,1-3H3,(H2,18,19,20);1-2H3;1H4;1H. The molecule has 0 saturated carbocycles. The number of ketones is 1. The molecule has 0 bridgehead atoms. The van der Waals surface area contributed by atoms with E-state index in [1.807, 2.05) is 52.7 Å². The third-order valence-electron chi connectivity index (χ3n) is 8.77. The molecule has 7 N–H and O–H groups in total. The van der Waals surface area contributed by atoms with Crippen molar-refractivity contribution in [3.63, 3.8) is 0 Å². The van der Waals surface area contributed by atoms with Gasteiger partial charge in [-0.2, -0.15) is 10.2 Å². The van der Waals surface area contributed by atoms with Gasteiger partial charge in [0.1, 0.15) is 47.0 Å². The van der Waals surface area contributed by atoms with Gasteiger partial charge in [0.2, 0.25) is 0 Å². The zero-order chi connectivity index (χ0) is 40.0. The van der Waals surface area contributed by atoms with E-state index in [-0.39, 0.29) is 41.3 Å². The lowest BCUT2D eigenvalue weighted by molar-refractivity contribution is -0.386. The first-order valence-corrected chi connectivity index (χ1v) is 17.5. The maximum absolute atomic E-state index is 11.4. The van der Waals surface area contributed by atoms with Crippen LogP contribution in [-0.4, -0.2) is 63.8 Å². The molecule has 15 nitrogen and oxygen atoms in total. The quantitative estimate of drug-likeness (QED) is 0.149. The van der Waals surface area contributed by atoms with Crippen molar-refractivity contribution < 1.29 is 41.8 Å². The average Bonchev–Trinajstić information content (AvgIpc) is 3.71. The number of rotatable bonds is 8. The lowest BCUT2D eigenvalue weighted by Crippen LogP contribution is -3.00. The number of Topliss-reactive ketones (excluding diaryl/α,β-unsaturated/α-hetero) is 1. The Morgan fingerprint density at radius 2 is 1.05 bits per heavy atom. The van der Waals surface area contributed by atoms with E-state index in [9.17, 15) is 14.4 Å². The predicted molar refractivity (Wildman–Crippen MR) is 215 cm³/mol. The zero-order valence-electron chi connectivity index (χ0n) is 32.8. The van der Waals surface area contributed by atoms with Gasteiger partial charge in [-0.3, -0.25) is 9.59 Å². The molecule has 0 unspecified atom stereocenters. The summed E-state index contributed by atoms with van der Waals surface area (Å²) < 4.78 is 7.75. The van der Waals surface area contributed by atoms with Crippen molar-refractivity contribution >= 4 is 51.4 Å². The Morgan fingerprint density at radius 3 is 1.38 bits per heavy atom. The Balaban J connectivity index is 0.000000323. The number of fused-ring (bicyclic) bond motifs is 2. The number of esters is 2. The van der Waals surface area contributed by atoms with E-state index >= 15 is 0 Å². The number of halogens is 1. The molecule has 16 heteroatoms. The monoisotopic (exact) mass is 831 g/mol. The third-order valence-corrected chi connectivity index (χ3v) is 8.77. The van der Waals surface area contributed by atoms with Crippen LogP contribution in [0.2, 0.25) is 0 Å². The van der Waals surface area contributed by atoms with Crippen LogP contribution in [0.1, 0.15) is 79.9 Å². The molecule has 6 rings (SSSR count). The molecule has 4 heterocycles. The average molecular weight is 833 g/mol. The second-order valence-corrected chi connectivity index (χ2v) is 14.3. The van der Waals surface area contributed by atoms with Crippen molar-refractivity contribution in [2.75, 3.05) is 18.0 Å². The molecule has 0 amide bonds. The van der Waals surface area contributed by atoms with Gasteiger partial charge < -0.3 is 43.7 Å². The number of carbonyl (C=O) groups is 3. The van der Waals surface area contributed by atoms with Gasteiger partial charge in [-0.05, 0) is 54.9 Å². The Kier molecular flexibility index (Phi) is 16.0. The maximum atomic E-state index is 11.4. The first-order chi connectivity index (χ1) is 25.4. The number of ether oxygens (including phenoxy) is 1. The van der Waals surface area contributed by atoms with Crippen LogP contribution in [-0.2, 0) is 30.2 Å². The van der Waals surface area contributed by atoms with Crippen LogP contribution in [0.5, 0.6) is 0 Å². The fourth-order valence-corrected chi connectivity index (χ4v) is 5.52. The van der Waals surface area contributed by atoms with E-state index < -0.39 is 11.9 Å². The SMILES string of the molecule is C.CC(=O)CCC(C)(C)n1nc(-c2ccc(C)cc2)c2c(N)ncnc21.CC(=O)OC(C)=O.Cc1ccc(-c2nn(C(C)(C)C[NH3+])c3ncnc(N)c23)cc1.[Br-]. The number of quaternary nitrogens is 1. The molecule has 0 aliphatic carbocycles. The molecule has 6 aromatic rings. The van der Waals surface area contributed by atoms with Gasteiger partial charge >= 0.3 is 11.9 Å². The molecule has 0 radical (unpaired) electrons. The fraction of sp³-hybridized carbons (Fsp3) is 0.375. The van der Waals surface area contributed by atoms with E-state index in [2.05, 4.69) is 77.2 Å². The Morgan fingerprint density at radius 1 is 0.679 bits per heavy atom. The molecular weight excluding hydrogens is 778 g/mol. The summed E-state index contributed by atoms with van der Waals surface area (Å²) in [6, 6.07) is 16.4. The number of nitrogens with zero attached hydrogens (tertiary/aromatic N) is 8. The summed E-state index contributed by atoms with van der Waals surface area (Å²) in [6.45, 7) is 17.1. The van der Waals surface area contributed by atoms with Gasteiger partial charge in [0.25, 0.3) is 0 Å². The molecule has 2 aromatic carbocycles. The van der Waals surface area contributed by atoms with E-state index in [4.69, 9.17) is 21.7 Å². The summed E-state index contributed by atoms with van der Waals surface area (Å²) in [5.74, 6) is -0.0988. The molecule has 300 valence electrons. The Labute approximate surface area is 338 Å². The molecule has 0 atom stereocenters. The van der Waals surface area contributed by atoms with Gasteiger partial charge in [-0.15, -0.1) is 0 Å². The minimum atomic E-state index is -0.562. The Bertz CT molecular complexity index is 2270. The summed E-state index contributed by atoms with van der Waals surface area (Å²) in [4.78, 5) is 48.1.